The van der Waals surface area contributed by atoms with Gasteiger partial charge >= 0.3 is 5.97 Å². The highest BCUT2D eigenvalue weighted by molar-refractivity contribution is 6.00. The molecule has 1 fully saturated rings. The lowest BCUT2D eigenvalue weighted by Gasteiger charge is -2.32. The van der Waals surface area contributed by atoms with Gasteiger partial charge in [-0.25, -0.2) is 4.79 Å². The first-order valence-electron chi connectivity index (χ1n) is 7.47. The van der Waals surface area contributed by atoms with Gasteiger partial charge in [-0.15, -0.1) is 0 Å². The van der Waals surface area contributed by atoms with Gasteiger partial charge in [0.2, 0.25) is 0 Å². The first kappa shape index (κ1) is 15.4. The number of nitrogens with zero attached hydrogens (tertiary/aromatic N) is 1. The number of benzene rings is 1. The van der Waals surface area contributed by atoms with E-state index in [2.05, 4.69) is 4.98 Å². The molecule has 2 N–H and O–H groups in total. The van der Waals surface area contributed by atoms with Crippen LogP contribution in [0.5, 0.6) is 5.75 Å². The summed E-state index contributed by atoms with van der Waals surface area (Å²) in [5, 5.41) is 10.1. The van der Waals surface area contributed by atoms with Crippen LogP contribution in [0.25, 0.3) is 10.9 Å². The average Bonchev–Trinajstić information content (AvgIpc) is 2.97. The number of morpholine rings is 1. The van der Waals surface area contributed by atoms with Gasteiger partial charge in [-0.3, -0.25) is 4.79 Å². The zero-order chi connectivity index (χ0) is 16.4. The number of amides is 1. The van der Waals surface area contributed by atoms with Crippen LogP contribution in [0.1, 0.15) is 17.4 Å². The Bertz CT molecular complexity index is 739. The fourth-order valence-electron chi connectivity index (χ4n) is 2.68. The number of aliphatic carboxylic acids is 1. The van der Waals surface area contributed by atoms with Crippen LogP contribution in [-0.2, 0) is 9.53 Å². The molecule has 122 valence electrons. The number of hydrogen-bond acceptors (Lipinski definition) is 4. The molecule has 1 aromatic carbocycles. The molecule has 3 rings (SSSR count). The molecule has 2 aromatic rings. The van der Waals surface area contributed by atoms with Crippen molar-refractivity contribution in [3.63, 3.8) is 0 Å². The van der Waals surface area contributed by atoms with Crippen molar-refractivity contribution in [1.82, 2.24) is 9.88 Å². The predicted molar refractivity (Wildman–Crippen MR) is 82.7 cm³/mol. The topological polar surface area (TPSA) is 91.9 Å². The van der Waals surface area contributed by atoms with Crippen LogP contribution in [0.3, 0.4) is 0 Å². The Morgan fingerprint density at radius 3 is 3.00 bits per heavy atom. The van der Waals surface area contributed by atoms with Gasteiger partial charge in [-0.1, -0.05) is 0 Å². The van der Waals surface area contributed by atoms with E-state index in [9.17, 15) is 14.7 Å². The Morgan fingerprint density at radius 2 is 2.26 bits per heavy atom. The molecule has 0 bridgehead atoms. The number of carbonyl (C=O) groups is 2. The molecule has 1 atom stereocenters. The minimum Gasteiger partial charge on any atom is -0.494 e. The maximum absolute atomic E-state index is 12.6. The molecule has 1 amide bonds. The Morgan fingerprint density at radius 1 is 1.43 bits per heavy atom. The summed E-state index contributed by atoms with van der Waals surface area (Å²) >= 11 is 0. The van der Waals surface area contributed by atoms with Crippen LogP contribution in [-0.4, -0.2) is 59.3 Å². The summed E-state index contributed by atoms with van der Waals surface area (Å²) in [7, 11) is 0. The average molecular weight is 318 g/mol. The minimum absolute atomic E-state index is 0.00971. The molecular formula is C16H18N2O5. The van der Waals surface area contributed by atoms with Crippen LogP contribution < -0.4 is 4.74 Å². The van der Waals surface area contributed by atoms with Gasteiger partial charge in [0.05, 0.1) is 19.8 Å². The second kappa shape index (κ2) is 6.29. The smallest absolute Gasteiger partial charge is 0.328 e. The second-order valence-corrected chi connectivity index (χ2v) is 5.29. The van der Waals surface area contributed by atoms with Gasteiger partial charge < -0.3 is 24.5 Å². The van der Waals surface area contributed by atoms with Gasteiger partial charge in [0.25, 0.3) is 5.91 Å². The molecule has 1 unspecified atom stereocenters. The normalized spacial score (nSPS) is 18.1. The molecule has 0 saturated carbocycles. The van der Waals surface area contributed by atoms with E-state index >= 15 is 0 Å². The molecule has 0 spiro atoms. The SMILES string of the molecule is CCOc1ccc2cc(C(=O)N3CCOCC3C(=O)O)[nH]c2c1. The lowest BCUT2D eigenvalue weighted by molar-refractivity contribution is -0.147. The van der Waals surface area contributed by atoms with Gasteiger partial charge in [0.15, 0.2) is 6.04 Å². The molecule has 0 aliphatic carbocycles. The number of carboxylic acids is 1. The number of aromatic amines is 1. The number of ether oxygens (including phenoxy) is 2. The molecule has 1 aliphatic rings. The van der Waals surface area contributed by atoms with Crippen LogP contribution in [0, 0.1) is 0 Å². The summed E-state index contributed by atoms with van der Waals surface area (Å²) < 4.78 is 10.6. The Labute approximate surface area is 132 Å². The van der Waals surface area contributed by atoms with E-state index in [0.717, 1.165) is 16.7 Å². The van der Waals surface area contributed by atoms with Crippen molar-refractivity contribution in [2.24, 2.45) is 0 Å². The number of fused-ring (bicyclic) bond motifs is 1. The largest absolute Gasteiger partial charge is 0.494 e. The summed E-state index contributed by atoms with van der Waals surface area (Å²) in [5.41, 5.74) is 1.14. The van der Waals surface area contributed by atoms with Crippen LogP contribution in [0.2, 0.25) is 0 Å². The number of carboxylic acid groups (broad SMARTS) is 1. The monoisotopic (exact) mass is 318 g/mol. The van der Waals surface area contributed by atoms with Crippen molar-refractivity contribution in [3.05, 3.63) is 30.0 Å². The Kier molecular flexibility index (Phi) is 4.20. The van der Waals surface area contributed by atoms with E-state index in [-0.39, 0.29) is 19.1 Å². The molecule has 1 aliphatic heterocycles. The standard InChI is InChI=1S/C16H18N2O5/c1-2-23-11-4-3-10-7-13(17-12(10)8-11)15(19)18-5-6-22-9-14(18)16(20)21/h3-4,7-8,14,17H,2,5-6,9H2,1H3,(H,20,21). The summed E-state index contributed by atoms with van der Waals surface area (Å²) in [6.45, 7) is 3.07. The number of carbonyl (C=O) groups excluding carboxylic acids is 1. The van der Waals surface area contributed by atoms with Crippen LogP contribution >= 0.6 is 0 Å². The lowest BCUT2D eigenvalue weighted by atomic mass is 10.2. The van der Waals surface area contributed by atoms with E-state index in [0.29, 0.717) is 18.9 Å². The molecule has 7 nitrogen and oxygen atoms in total. The number of rotatable bonds is 4. The highest BCUT2D eigenvalue weighted by atomic mass is 16.5. The quantitative estimate of drug-likeness (QED) is 0.891. The van der Waals surface area contributed by atoms with Crippen molar-refractivity contribution in [3.8, 4) is 5.75 Å². The van der Waals surface area contributed by atoms with Crippen molar-refractivity contribution < 1.29 is 24.2 Å². The predicted octanol–water partition coefficient (Wildman–Crippen LogP) is 1.49. The van der Waals surface area contributed by atoms with E-state index in [1.54, 1.807) is 6.07 Å². The lowest BCUT2D eigenvalue weighted by Crippen LogP contribution is -2.52. The zero-order valence-corrected chi connectivity index (χ0v) is 12.7. The van der Waals surface area contributed by atoms with Crippen LogP contribution in [0.15, 0.2) is 24.3 Å². The van der Waals surface area contributed by atoms with Gasteiger partial charge in [0.1, 0.15) is 11.4 Å². The second-order valence-electron chi connectivity index (χ2n) is 5.29. The fourth-order valence-corrected chi connectivity index (χ4v) is 2.68. The van der Waals surface area contributed by atoms with E-state index in [1.165, 1.54) is 4.90 Å². The molecule has 1 saturated heterocycles. The molecular weight excluding hydrogens is 300 g/mol. The first-order chi connectivity index (χ1) is 11.1. The van der Waals surface area contributed by atoms with E-state index < -0.39 is 12.0 Å². The van der Waals surface area contributed by atoms with Crippen molar-refractivity contribution in [2.45, 2.75) is 13.0 Å². The molecule has 0 radical (unpaired) electrons. The van der Waals surface area contributed by atoms with Crippen molar-refractivity contribution in [1.29, 1.82) is 0 Å². The van der Waals surface area contributed by atoms with Crippen LogP contribution in [0.4, 0.5) is 0 Å². The van der Waals surface area contributed by atoms with Gasteiger partial charge in [0, 0.05) is 23.5 Å². The van der Waals surface area contributed by atoms with E-state index in [4.69, 9.17) is 9.47 Å². The third-order valence-corrected chi connectivity index (χ3v) is 3.81. The van der Waals surface area contributed by atoms with Crippen molar-refractivity contribution >= 4 is 22.8 Å². The third kappa shape index (κ3) is 3.00. The Balaban J connectivity index is 1.89. The Hall–Kier alpha value is -2.54. The van der Waals surface area contributed by atoms with Crippen molar-refractivity contribution in [2.75, 3.05) is 26.4 Å². The summed E-state index contributed by atoms with van der Waals surface area (Å²) in [5.74, 6) is -0.682. The summed E-state index contributed by atoms with van der Waals surface area (Å²) in [6.07, 6.45) is 0. The molecule has 23 heavy (non-hydrogen) atoms. The summed E-state index contributed by atoms with van der Waals surface area (Å²) in [6, 6.07) is 6.29. The number of nitrogens with one attached hydrogen (secondary N) is 1. The highest BCUT2D eigenvalue weighted by Gasteiger charge is 2.33. The maximum Gasteiger partial charge on any atom is 0.328 e. The first-order valence-corrected chi connectivity index (χ1v) is 7.47. The van der Waals surface area contributed by atoms with Gasteiger partial charge in [-0.2, -0.15) is 0 Å². The minimum atomic E-state index is -1.06. The molecule has 7 heteroatoms. The summed E-state index contributed by atoms with van der Waals surface area (Å²) in [4.78, 5) is 28.3. The third-order valence-electron chi connectivity index (χ3n) is 3.81. The molecule has 1 aromatic heterocycles. The fraction of sp³-hybridized carbons (Fsp3) is 0.375. The number of H-pyrrole nitrogens is 1. The highest BCUT2D eigenvalue weighted by Crippen LogP contribution is 2.23. The zero-order valence-electron chi connectivity index (χ0n) is 12.7. The number of hydrogen-bond donors (Lipinski definition) is 2. The van der Waals surface area contributed by atoms with Gasteiger partial charge in [-0.05, 0) is 25.1 Å². The van der Waals surface area contributed by atoms with E-state index in [1.807, 2.05) is 25.1 Å². The number of aromatic nitrogens is 1. The maximum atomic E-state index is 12.6. The molecule has 2 heterocycles.